The van der Waals surface area contributed by atoms with Gasteiger partial charge in [-0.25, -0.2) is 0 Å². The number of hydrogen-bond acceptors (Lipinski definition) is 2. The fraction of sp³-hybridized carbons (Fsp3) is 0.294. The van der Waals surface area contributed by atoms with E-state index in [-0.39, 0.29) is 0 Å². The molecule has 0 heterocycles. The molecule has 2 heteroatoms. The van der Waals surface area contributed by atoms with Crippen LogP contribution in [0.1, 0.15) is 29.0 Å². The van der Waals surface area contributed by atoms with Crippen molar-refractivity contribution in [1.82, 2.24) is 0 Å². The van der Waals surface area contributed by atoms with E-state index < -0.39 is 0 Å². The Hall–Kier alpha value is -1.80. The minimum atomic E-state index is 0.335. The van der Waals surface area contributed by atoms with Crippen LogP contribution in [-0.4, -0.2) is 13.7 Å². The van der Waals surface area contributed by atoms with Gasteiger partial charge < -0.3 is 10.5 Å². The predicted octanol–water partition coefficient (Wildman–Crippen LogP) is 3.48. The van der Waals surface area contributed by atoms with Crippen molar-refractivity contribution in [3.8, 4) is 5.75 Å². The zero-order valence-electron chi connectivity index (χ0n) is 11.6. The first-order chi connectivity index (χ1) is 9.27. The molecule has 2 nitrogen and oxygen atoms in total. The second-order valence-electron chi connectivity index (χ2n) is 4.72. The molecule has 0 fully saturated rings. The highest BCUT2D eigenvalue weighted by Crippen LogP contribution is 2.33. The molecular formula is C17H21NO. The molecule has 1 atom stereocenters. The van der Waals surface area contributed by atoms with E-state index in [2.05, 4.69) is 37.3 Å². The lowest BCUT2D eigenvalue weighted by molar-refractivity contribution is 0.410. The van der Waals surface area contributed by atoms with Crippen LogP contribution in [0, 0.1) is 6.92 Å². The molecule has 0 aliphatic rings. The third kappa shape index (κ3) is 2.96. The maximum absolute atomic E-state index is 5.79. The third-order valence-corrected chi connectivity index (χ3v) is 3.58. The number of ether oxygens (including phenoxy) is 1. The molecule has 0 spiro atoms. The Morgan fingerprint density at radius 3 is 2.42 bits per heavy atom. The summed E-state index contributed by atoms with van der Waals surface area (Å²) in [4.78, 5) is 0. The van der Waals surface area contributed by atoms with Gasteiger partial charge in [0, 0.05) is 5.92 Å². The Kier molecular flexibility index (Phi) is 4.58. The van der Waals surface area contributed by atoms with E-state index in [1.807, 2.05) is 18.2 Å². The van der Waals surface area contributed by atoms with Crippen LogP contribution in [0.25, 0.3) is 0 Å². The molecule has 0 radical (unpaired) electrons. The van der Waals surface area contributed by atoms with E-state index in [0.717, 1.165) is 12.2 Å². The summed E-state index contributed by atoms with van der Waals surface area (Å²) in [6.45, 7) is 2.79. The summed E-state index contributed by atoms with van der Waals surface area (Å²) in [5, 5.41) is 0. The van der Waals surface area contributed by atoms with Gasteiger partial charge in [0.1, 0.15) is 5.75 Å². The maximum Gasteiger partial charge on any atom is 0.122 e. The molecule has 0 saturated carbocycles. The molecule has 100 valence electrons. The lowest BCUT2D eigenvalue weighted by atomic mass is 9.86. The van der Waals surface area contributed by atoms with Gasteiger partial charge in [-0.2, -0.15) is 0 Å². The molecule has 1 unspecified atom stereocenters. The largest absolute Gasteiger partial charge is 0.496 e. The van der Waals surface area contributed by atoms with Gasteiger partial charge >= 0.3 is 0 Å². The van der Waals surface area contributed by atoms with E-state index in [1.54, 1.807) is 7.11 Å². The molecular weight excluding hydrogens is 234 g/mol. The lowest BCUT2D eigenvalue weighted by Gasteiger charge is -2.20. The highest BCUT2D eigenvalue weighted by molar-refractivity contribution is 5.44. The smallest absolute Gasteiger partial charge is 0.122 e. The fourth-order valence-corrected chi connectivity index (χ4v) is 2.58. The average molecular weight is 255 g/mol. The lowest BCUT2D eigenvalue weighted by Crippen LogP contribution is -2.10. The van der Waals surface area contributed by atoms with Crippen LogP contribution in [-0.2, 0) is 0 Å². The molecule has 19 heavy (non-hydrogen) atoms. The topological polar surface area (TPSA) is 35.2 Å². The van der Waals surface area contributed by atoms with Gasteiger partial charge in [0.05, 0.1) is 7.11 Å². The van der Waals surface area contributed by atoms with Crippen molar-refractivity contribution in [1.29, 1.82) is 0 Å². The molecule has 0 aromatic heterocycles. The normalized spacial score (nSPS) is 12.2. The minimum Gasteiger partial charge on any atom is -0.496 e. The summed E-state index contributed by atoms with van der Waals surface area (Å²) < 4.78 is 5.42. The first kappa shape index (κ1) is 13.6. The molecule has 0 bridgehead atoms. The molecule has 0 aliphatic heterocycles. The van der Waals surface area contributed by atoms with Crippen LogP contribution in [0.15, 0.2) is 48.5 Å². The Balaban J connectivity index is 2.45. The predicted molar refractivity (Wildman–Crippen MR) is 79.7 cm³/mol. The van der Waals surface area contributed by atoms with Crippen LogP contribution >= 0.6 is 0 Å². The van der Waals surface area contributed by atoms with Gasteiger partial charge in [-0.15, -0.1) is 0 Å². The third-order valence-electron chi connectivity index (χ3n) is 3.58. The summed E-state index contributed by atoms with van der Waals surface area (Å²) in [6.07, 6.45) is 0.942. The first-order valence-electron chi connectivity index (χ1n) is 6.66. The van der Waals surface area contributed by atoms with E-state index in [1.165, 1.54) is 16.7 Å². The number of methoxy groups -OCH3 is 1. The fourth-order valence-electron chi connectivity index (χ4n) is 2.58. The Bertz CT molecular complexity index is 522. The number of benzene rings is 2. The van der Waals surface area contributed by atoms with Crippen LogP contribution in [0.3, 0.4) is 0 Å². The quantitative estimate of drug-likeness (QED) is 0.887. The Morgan fingerprint density at radius 1 is 1.05 bits per heavy atom. The second-order valence-corrected chi connectivity index (χ2v) is 4.72. The standard InChI is InChI=1S/C17H21NO/c1-13-15(9-6-10-17(13)19-2)16(11-12-18)14-7-4-3-5-8-14/h3-10,16H,11-12,18H2,1-2H3. The van der Waals surface area contributed by atoms with Gasteiger partial charge in [-0.1, -0.05) is 42.5 Å². The van der Waals surface area contributed by atoms with E-state index in [0.29, 0.717) is 12.5 Å². The first-order valence-corrected chi connectivity index (χ1v) is 6.66. The van der Waals surface area contributed by atoms with Crippen LogP contribution in [0.5, 0.6) is 5.75 Å². The summed E-state index contributed by atoms with van der Waals surface area (Å²) in [5.41, 5.74) is 9.61. The van der Waals surface area contributed by atoms with Crippen molar-refractivity contribution in [2.75, 3.05) is 13.7 Å². The molecule has 0 saturated heterocycles. The Morgan fingerprint density at radius 2 is 1.79 bits per heavy atom. The number of nitrogens with two attached hydrogens (primary N) is 1. The average Bonchev–Trinajstić information content (AvgIpc) is 2.46. The minimum absolute atomic E-state index is 0.335. The summed E-state index contributed by atoms with van der Waals surface area (Å²) in [7, 11) is 1.71. The van der Waals surface area contributed by atoms with Crippen molar-refractivity contribution in [2.24, 2.45) is 5.73 Å². The van der Waals surface area contributed by atoms with Crippen molar-refractivity contribution >= 4 is 0 Å². The second kappa shape index (κ2) is 6.39. The number of rotatable bonds is 5. The van der Waals surface area contributed by atoms with Crippen LogP contribution in [0.4, 0.5) is 0 Å². The van der Waals surface area contributed by atoms with Crippen LogP contribution in [0.2, 0.25) is 0 Å². The van der Waals surface area contributed by atoms with Gasteiger partial charge in [0.25, 0.3) is 0 Å². The van der Waals surface area contributed by atoms with E-state index in [4.69, 9.17) is 10.5 Å². The van der Waals surface area contributed by atoms with Crippen molar-refractivity contribution in [3.05, 3.63) is 65.2 Å². The summed E-state index contributed by atoms with van der Waals surface area (Å²) in [5.74, 6) is 1.27. The van der Waals surface area contributed by atoms with Gasteiger partial charge in [-0.3, -0.25) is 0 Å². The molecule has 2 aromatic rings. The van der Waals surface area contributed by atoms with E-state index in [9.17, 15) is 0 Å². The van der Waals surface area contributed by atoms with Crippen molar-refractivity contribution in [3.63, 3.8) is 0 Å². The maximum atomic E-state index is 5.79. The summed E-state index contributed by atoms with van der Waals surface area (Å²) in [6, 6.07) is 16.8. The Labute approximate surface area is 115 Å². The highest BCUT2D eigenvalue weighted by atomic mass is 16.5. The highest BCUT2D eigenvalue weighted by Gasteiger charge is 2.16. The zero-order chi connectivity index (χ0) is 13.7. The van der Waals surface area contributed by atoms with Gasteiger partial charge in [0.2, 0.25) is 0 Å². The SMILES string of the molecule is COc1cccc(C(CCN)c2ccccc2)c1C. The van der Waals surface area contributed by atoms with Gasteiger partial charge in [-0.05, 0) is 42.6 Å². The molecule has 2 rings (SSSR count). The van der Waals surface area contributed by atoms with Crippen molar-refractivity contribution in [2.45, 2.75) is 19.3 Å². The molecule has 0 amide bonds. The zero-order valence-corrected chi connectivity index (χ0v) is 11.6. The van der Waals surface area contributed by atoms with E-state index >= 15 is 0 Å². The monoisotopic (exact) mass is 255 g/mol. The molecule has 2 N–H and O–H groups in total. The number of hydrogen-bond donors (Lipinski definition) is 1. The van der Waals surface area contributed by atoms with Gasteiger partial charge in [0.15, 0.2) is 0 Å². The summed E-state index contributed by atoms with van der Waals surface area (Å²) >= 11 is 0. The van der Waals surface area contributed by atoms with Crippen LogP contribution < -0.4 is 10.5 Å². The van der Waals surface area contributed by atoms with Crippen molar-refractivity contribution < 1.29 is 4.74 Å². The molecule has 2 aromatic carbocycles. The molecule has 0 aliphatic carbocycles.